The highest BCUT2D eigenvalue weighted by Gasteiger charge is 2.15. The summed E-state index contributed by atoms with van der Waals surface area (Å²) in [6, 6.07) is 9.33. The fourth-order valence-electron chi connectivity index (χ4n) is 2.46. The molecule has 0 radical (unpaired) electrons. The predicted octanol–water partition coefficient (Wildman–Crippen LogP) is 5.34. The molecule has 0 bridgehead atoms. The van der Waals surface area contributed by atoms with Gasteiger partial charge in [0.05, 0.1) is 10.0 Å². The Morgan fingerprint density at radius 3 is 2.25 bits per heavy atom. The molecule has 0 aliphatic heterocycles. The minimum atomic E-state index is -0.00690. The van der Waals surface area contributed by atoms with Crippen molar-refractivity contribution in [2.24, 2.45) is 0 Å². The fourth-order valence-corrected chi connectivity index (χ4v) is 2.87. The Morgan fingerprint density at radius 2 is 1.65 bits per heavy atom. The molecule has 0 saturated carbocycles. The molecule has 0 aromatic heterocycles. The van der Waals surface area contributed by atoms with Gasteiger partial charge in [-0.05, 0) is 49.6 Å². The van der Waals surface area contributed by atoms with E-state index in [1.54, 1.807) is 18.2 Å². The van der Waals surface area contributed by atoms with Crippen LogP contribution in [-0.4, -0.2) is 5.78 Å². The number of carbonyl (C=O) groups excluding carboxylic acids is 1. The van der Waals surface area contributed by atoms with Crippen molar-refractivity contribution >= 4 is 29.0 Å². The van der Waals surface area contributed by atoms with Crippen LogP contribution in [0.5, 0.6) is 0 Å². The number of hydrogen-bond donors (Lipinski definition) is 0. The molecule has 0 heterocycles. The minimum Gasteiger partial charge on any atom is -0.294 e. The lowest BCUT2D eigenvalue weighted by molar-refractivity contribution is 0.0992. The molecule has 2 aromatic carbocycles. The van der Waals surface area contributed by atoms with Gasteiger partial charge in [-0.1, -0.05) is 47.0 Å². The highest BCUT2D eigenvalue weighted by Crippen LogP contribution is 2.27. The average Bonchev–Trinajstić information content (AvgIpc) is 2.36. The van der Waals surface area contributed by atoms with Crippen LogP contribution in [-0.2, 0) is 6.42 Å². The van der Waals surface area contributed by atoms with E-state index in [1.807, 2.05) is 13.8 Å². The first-order valence-electron chi connectivity index (χ1n) is 6.44. The zero-order chi connectivity index (χ0) is 14.9. The number of hydrogen-bond acceptors (Lipinski definition) is 1. The first-order valence-corrected chi connectivity index (χ1v) is 7.19. The monoisotopic (exact) mass is 306 g/mol. The smallest absolute Gasteiger partial charge is 0.168 e. The maximum atomic E-state index is 12.4. The molecule has 0 aliphatic carbocycles. The van der Waals surface area contributed by atoms with Crippen LogP contribution >= 0.6 is 23.2 Å². The molecule has 0 unspecified atom stereocenters. The van der Waals surface area contributed by atoms with Crippen molar-refractivity contribution in [2.75, 3.05) is 0 Å². The van der Waals surface area contributed by atoms with E-state index in [0.29, 0.717) is 22.0 Å². The van der Waals surface area contributed by atoms with Gasteiger partial charge in [0, 0.05) is 12.0 Å². The van der Waals surface area contributed by atoms with Crippen molar-refractivity contribution in [1.82, 2.24) is 0 Å². The first-order chi connectivity index (χ1) is 9.40. The third-order valence-corrected chi connectivity index (χ3v) is 4.25. The zero-order valence-corrected chi connectivity index (χ0v) is 13.3. The van der Waals surface area contributed by atoms with Crippen molar-refractivity contribution < 1.29 is 4.79 Å². The van der Waals surface area contributed by atoms with E-state index in [1.165, 1.54) is 5.56 Å². The number of carbonyl (C=O) groups is 1. The number of aryl methyl sites for hydroxylation is 3. The molecule has 0 spiro atoms. The number of ketones is 1. The van der Waals surface area contributed by atoms with Crippen molar-refractivity contribution in [2.45, 2.75) is 27.2 Å². The number of benzene rings is 2. The molecule has 2 aromatic rings. The maximum Gasteiger partial charge on any atom is 0.168 e. The molecule has 0 N–H and O–H groups in total. The Balaban J connectivity index is 2.36. The van der Waals surface area contributed by atoms with E-state index in [-0.39, 0.29) is 5.78 Å². The predicted molar refractivity (Wildman–Crippen MR) is 85.1 cm³/mol. The van der Waals surface area contributed by atoms with Gasteiger partial charge in [-0.15, -0.1) is 0 Å². The summed E-state index contributed by atoms with van der Waals surface area (Å²) in [5.41, 5.74) is 5.02. The first kappa shape index (κ1) is 15.1. The lowest BCUT2D eigenvalue weighted by Gasteiger charge is -2.11. The van der Waals surface area contributed by atoms with Gasteiger partial charge in [0.1, 0.15) is 0 Å². The highest BCUT2D eigenvalue weighted by molar-refractivity contribution is 6.43. The van der Waals surface area contributed by atoms with E-state index < -0.39 is 0 Å². The van der Waals surface area contributed by atoms with Gasteiger partial charge in [0.2, 0.25) is 0 Å². The van der Waals surface area contributed by atoms with Crippen molar-refractivity contribution in [3.63, 3.8) is 0 Å². The van der Waals surface area contributed by atoms with E-state index in [4.69, 9.17) is 23.2 Å². The molecule has 1 nitrogen and oxygen atoms in total. The maximum absolute atomic E-state index is 12.4. The summed E-state index contributed by atoms with van der Waals surface area (Å²) in [4.78, 5) is 12.4. The lowest BCUT2D eigenvalue weighted by atomic mass is 9.94. The molecule has 0 aliphatic rings. The average molecular weight is 307 g/mol. The summed E-state index contributed by atoms with van der Waals surface area (Å²) in [6.45, 7) is 6.11. The van der Waals surface area contributed by atoms with E-state index in [0.717, 1.165) is 16.7 Å². The SMILES string of the molecule is Cc1cc(C)c(CC(=O)c2cccc(Cl)c2Cl)c(C)c1. The third kappa shape index (κ3) is 3.05. The van der Waals surface area contributed by atoms with Crippen molar-refractivity contribution in [3.8, 4) is 0 Å². The van der Waals surface area contributed by atoms with Gasteiger partial charge in [-0.2, -0.15) is 0 Å². The standard InChI is InChI=1S/C17H16Cl2O/c1-10-7-11(2)14(12(3)8-10)9-16(20)13-5-4-6-15(18)17(13)19/h4-8H,9H2,1-3H3. The summed E-state index contributed by atoms with van der Waals surface area (Å²) in [5.74, 6) is -0.00690. The largest absolute Gasteiger partial charge is 0.294 e. The summed E-state index contributed by atoms with van der Waals surface area (Å²) < 4.78 is 0. The van der Waals surface area contributed by atoms with Crippen LogP contribution in [0.3, 0.4) is 0 Å². The molecule has 2 rings (SSSR count). The van der Waals surface area contributed by atoms with Gasteiger partial charge in [-0.3, -0.25) is 4.79 Å². The second-order valence-corrected chi connectivity index (χ2v) is 5.86. The van der Waals surface area contributed by atoms with E-state index in [9.17, 15) is 4.79 Å². The van der Waals surface area contributed by atoms with Crippen molar-refractivity contribution in [3.05, 3.63) is 68.2 Å². The second-order valence-electron chi connectivity index (χ2n) is 5.08. The molecule has 0 saturated heterocycles. The van der Waals surface area contributed by atoms with Gasteiger partial charge < -0.3 is 0 Å². The van der Waals surface area contributed by atoms with Crippen LogP contribution in [0.4, 0.5) is 0 Å². The van der Waals surface area contributed by atoms with Gasteiger partial charge in [0.15, 0.2) is 5.78 Å². The van der Waals surface area contributed by atoms with Crippen LogP contribution in [0.1, 0.15) is 32.6 Å². The minimum absolute atomic E-state index is 0.00690. The molecule has 104 valence electrons. The van der Waals surface area contributed by atoms with Gasteiger partial charge in [-0.25, -0.2) is 0 Å². The summed E-state index contributed by atoms with van der Waals surface area (Å²) in [5, 5.41) is 0.747. The highest BCUT2D eigenvalue weighted by atomic mass is 35.5. The Morgan fingerprint density at radius 1 is 1.05 bits per heavy atom. The normalized spacial score (nSPS) is 10.7. The molecule has 20 heavy (non-hydrogen) atoms. The van der Waals surface area contributed by atoms with Crippen LogP contribution in [0.2, 0.25) is 10.0 Å². The quantitative estimate of drug-likeness (QED) is 0.699. The van der Waals surface area contributed by atoms with E-state index in [2.05, 4.69) is 19.1 Å². The number of rotatable bonds is 3. The molecular formula is C17H16Cl2O. The summed E-state index contributed by atoms with van der Waals surface area (Å²) in [7, 11) is 0. The Bertz CT molecular complexity index is 652. The van der Waals surface area contributed by atoms with Crippen molar-refractivity contribution in [1.29, 1.82) is 0 Å². The summed E-state index contributed by atoms with van der Waals surface area (Å²) >= 11 is 12.1. The third-order valence-electron chi connectivity index (χ3n) is 3.43. The number of Topliss-reactive ketones (excluding diaryl/α,β-unsaturated/α-hetero) is 1. The molecule has 0 fully saturated rings. The lowest BCUT2D eigenvalue weighted by Crippen LogP contribution is -2.07. The Hall–Kier alpha value is -1.31. The molecule has 0 atom stereocenters. The van der Waals surface area contributed by atoms with Gasteiger partial charge in [0.25, 0.3) is 0 Å². The molecule has 0 amide bonds. The second kappa shape index (κ2) is 5.99. The topological polar surface area (TPSA) is 17.1 Å². The van der Waals surface area contributed by atoms with Crippen LogP contribution in [0.25, 0.3) is 0 Å². The Kier molecular flexibility index (Phi) is 4.52. The molecule has 3 heteroatoms. The van der Waals surface area contributed by atoms with Crippen LogP contribution in [0, 0.1) is 20.8 Å². The van der Waals surface area contributed by atoms with E-state index >= 15 is 0 Å². The number of halogens is 2. The van der Waals surface area contributed by atoms with Gasteiger partial charge >= 0.3 is 0 Å². The van der Waals surface area contributed by atoms with Crippen LogP contribution < -0.4 is 0 Å². The Labute approximate surface area is 129 Å². The molecular weight excluding hydrogens is 291 g/mol. The summed E-state index contributed by atoms with van der Waals surface area (Å²) in [6.07, 6.45) is 0.345. The zero-order valence-electron chi connectivity index (χ0n) is 11.8. The fraction of sp³-hybridized carbons (Fsp3) is 0.235. The van der Waals surface area contributed by atoms with Crippen LogP contribution in [0.15, 0.2) is 30.3 Å².